The third-order valence-electron chi connectivity index (χ3n) is 3.14. The van der Waals surface area contributed by atoms with Gasteiger partial charge in [-0.2, -0.15) is 0 Å². The van der Waals surface area contributed by atoms with Gasteiger partial charge in [0.1, 0.15) is 5.82 Å². The van der Waals surface area contributed by atoms with Gasteiger partial charge in [0.25, 0.3) is 0 Å². The number of carboxylic acids is 1. The zero-order valence-electron chi connectivity index (χ0n) is 11.2. The van der Waals surface area contributed by atoms with E-state index in [1.54, 1.807) is 19.1 Å². The Hall–Kier alpha value is -2.31. The summed E-state index contributed by atoms with van der Waals surface area (Å²) in [5.74, 6) is -0.764. The number of aromatic nitrogens is 4. The van der Waals surface area contributed by atoms with Gasteiger partial charge in [0.15, 0.2) is 5.82 Å². The zero-order valence-corrected chi connectivity index (χ0v) is 11.2. The molecule has 1 atom stereocenters. The van der Waals surface area contributed by atoms with Gasteiger partial charge in [0.05, 0.1) is 12.5 Å². The fourth-order valence-corrected chi connectivity index (χ4v) is 2.02. The molecule has 1 N–H and O–H groups in total. The molecule has 0 fully saturated rings. The molecule has 1 unspecified atom stereocenters. The van der Waals surface area contributed by atoms with E-state index in [4.69, 9.17) is 5.11 Å². The quantitative estimate of drug-likeness (QED) is 0.906. The molecule has 6 nitrogen and oxygen atoms in total. The smallest absolute Gasteiger partial charge is 0.305 e. The van der Waals surface area contributed by atoms with Gasteiger partial charge in [-0.05, 0) is 47.5 Å². The average Bonchev–Trinajstić information content (AvgIpc) is 2.88. The number of tetrazole rings is 1. The summed E-state index contributed by atoms with van der Waals surface area (Å²) in [5, 5.41) is 20.3. The number of carbonyl (C=O) groups is 1. The summed E-state index contributed by atoms with van der Waals surface area (Å²) < 4.78 is 14.8. The highest BCUT2D eigenvalue weighted by Gasteiger charge is 2.20. The van der Waals surface area contributed by atoms with Gasteiger partial charge in [0.2, 0.25) is 0 Å². The highest BCUT2D eigenvalue weighted by Crippen LogP contribution is 2.24. The van der Waals surface area contributed by atoms with Crippen molar-refractivity contribution in [2.24, 2.45) is 0 Å². The topological polar surface area (TPSA) is 80.9 Å². The molecule has 0 saturated carbocycles. The minimum atomic E-state index is -0.909. The van der Waals surface area contributed by atoms with Crippen LogP contribution in [-0.4, -0.2) is 31.3 Å². The zero-order chi connectivity index (χ0) is 14.7. The molecular weight excluding hydrogens is 263 g/mol. The summed E-state index contributed by atoms with van der Waals surface area (Å²) in [5.41, 5.74) is 1.15. The summed E-state index contributed by atoms with van der Waals surface area (Å²) in [6.07, 6.45) is 0.527. The molecule has 1 heterocycles. The molecule has 20 heavy (non-hydrogen) atoms. The van der Waals surface area contributed by atoms with E-state index in [0.717, 1.165) is 0 Å². The van der Waals surface area contributed by atoms with Crippen LogP contribution in [-0.2, 0) is 4.79 Å². The average molecular weight is 278 g/mol. The highest BCUT2D eigenvalue weighted by atomic mass is 19.1. The summed E-state index contributed by atoms with van der Waals surface area (Å²) in [4.78, 5) is 10.9. The van der Waals surface area contributed by atoms with E-state index in [2.05, 4.69) is 15.5 Å². The first-order valence-corrected chi connectivity index (χ1v) is 6.29. The van der Waals surface area contributed by atoms with Crippen molar-refractivity contribution < 1.29 is 14.3 Å². The molecule has 0 radical (unpaired) electrons. The number of hydrogen-bond donors (Lipinski definition) is 1. The van der Waals surface area contributed by atoms with Gasteiger partial charge in [-0.1, -0.05) is 6.92 Å². The van der Waals surface area contributed by atoms with Crippen molar-refractivity contribution in [3.8, 4) is 11.4 Å². The number of halogens is 1. The molecule has 2 aromatic rings. The maximum absolute atomic E-state index is 13.3. The van der Waals surface area contributed by atoms with E-state index in [9.17, 15) is 9.18 Å². The standard InChI is InChI=1S/C13H15FN4O2/c1-3-10(7-12(19)20)18-13(15-16-17-18)9-4-5-11(14)8(2)6-9/h4-6,10H,3,7H2,1-2H3,(H,19,20). The molecule has 0 aliphatic rings. The van der Waals surface area contributed by atoms with Crippen LogP contribution in [0.4, 0.5) is 4.39 Å². The van der Waals surface area contributed by atoms with Gasteiger partial charge in [-0.3, -0.25) is 4.79 Å². The summed E-state index contributed by atoms with van der Waals surface area (Å²) in [6.45, 7) is 3.52. The summed E-state index contributed by atoms with van der Waals surface area (Å²) >= 11 is 0. The van der Waals surface area contributed by atoms with E-state index in [1.165, 1.54) is 10.7 Å². The van der Waals surface area contributed by atoms with Crippen LogP contribution in [0, 0.1) is 12.7 Å². The first-order chi connectivity index (χ1) is 9.52. The predicted octanol–water partition coefficient (Wildman–Crippen LogP) is 2.21. The van der Waals surface area contributed by atoms with Crippen molar-refractivity contribution in [3.05, 3.63) is 29.6 Å². The van der Waals surface area contributed by atoms with Crippen molar-refractivity contribution in [3.63, 3.8) is 0 Å². The Morgan fingerprint density at radius 2 is 2.25 bits per heavy atom. The van der Waals surface area contributed by atoms with Gasteiger partial charge in [-0.15, -0.1) is 5.10 Å². The lowest BCUT2D eigenvalue weighted by molar-refractivity contribution is -0.138. The van der Waals surface area contributed by atoms with Crippen LogP contribution in [0.2, 0.25) is 0 Å². The molecule has 2 rings (SSSR count). The van der Waals surface area contributed by atoms with Crippen LogP contribution in [0.25, 0.3) is 11.4 Å². The Labute approximate surface area is 115 Å². The van der Waals surface area contributed by atoms with Crippen molar-refractivity contribution >= 4 is 5.97 Å². The first-order valence-electron chi connectivity index (χ1n) is 6.29. The number of nitrogens with zero attached hydrogens (tertiary/aromatic N) is 4. The lowest BCUT2D eigenvalue weighted by atomic mass is 10.1. The van der Waals surface area contributed by atoms with E-state index in [1.807, 2.05) is 6.92 Å². The van der Waals surface area contributed by atoms with Crippen molar-refractivity contribution in [1.82, 2.24) is 20.2 Å². The van der Waals surface area contributed by atoms with Gasteiger partial charge in [-0.25, -0.2) is 9.07 Å². The lowest BCUT2D eigenvalue weighted by Gasteiger charge is -2.14. The van der Waals surface area contributed by atoms with Crippen LogP contribution in [0.3, 0.4) is 0 Å². The number of carboxylic acid groups (broad SMARTS) is 1. The predicted molar refractivity (Wildman–Crippen MR) is 69.5 cm³/mol. The second kappa shape index (κ2) is 5.77. The molecule has 0 saturated heterocycles. The Morgan fingerprint density at radius 1 is 1.50 bits per heavy atom. The number of rotatable bonds is 5. The Morgan fingerprint density at radius 3 is 2.85 bits per heavy atom. The van der Waals surface area contributed by atoms with E-state index in [-0.39, 0.29) is 18.3 Å². The molecule has 0 aliphatic carbocycles. The first kappa shape index (κ1) is 14.1. The highest BCUT2D eigenvalue weighted by molar-refractivity contribution is 5.67. The number of benzene rings is 1. The fourth-order valence-electron chi connectivity index (χ4n) is 2.02. The Balaban J connectivity index is 2.40. The van der Waals surface area contributed by atoms with Crippen LogP contribution in [0.1, 0.15) is 31.4 Å². The Kier molecular flexibility index (Phi) is 4.07. The summed E-state index contributed by atoms with van der Waals surface area (Å²) in [7, 11) is 0. The van der Waals surface area contributed by atoms with Crippen LogP contribution < -0.4 is 0 Å². The van der Waals surface area contributed by atoms with Crippen LogP contribution in [0.5, 0.6) is 0 Å². The monoisotopic (exact) mass is 278 g/mol. The van der Waals surface area contributed by atoms with Crippen molar-refractivity contribution in [1.29, 1.82) is 0 Å². The van der Waals surface area contributed by atoms with Crippen LogP contribution in [0.15, 0.2) is 18.2 Å². The molecular formula is C13H15FN4O2. The van der Waals surface area contributed by atoms with Gasteiger partial charge < -0.3 is 5.11 Å². The van der Waals surface area contributed by atoms with E-state index >= 15 is 0 Å². The second-order valence-electron chi connectivity index (χ2n) is 4.57. The number of hydrogen-bond acceptors (Lipinski definition) is 4. The SMILES string of the molecule is CCC(CC(=O)O)n1nnnc1-c1ccc(F)c(C)c1. The van der Waals surface area contributed by atoms with Gasteiger partial charge in [0, 0.05) is 5.56 Å². The van der Waals surface area contributed by atoms with E-state index < -0.39 is 5.97 Å². The molecule has 0 amide bonds. The van der Waals surface area contributed by atoms with Gasteiger partial charge >= 0.3 is 5.97 Å². The van der Waals surface area contributed by atoms with E-state index in [0.29, 0.717) is 23.4 Å². The maximum Gasteiger partial charge on any atom is 0.305 e. The third-order valence-corrected chi connectivity index (χ3v) is 3.14. The van der Waals surface area contributed by atoms with Crippen molar-refractivity contribution in [2.45, 2.75) is 32.7 Å². The third kappa shape index (κ3) is 2.81. The largest absolute Gasteiger partial charge is 0.481 e. The minimum Gasteiger partial charge on any atom is -0.481 e. The molecule has 1 aromatic carbocycles. The fraction of sp³-hybridized carbons (Fsp3) is 0.385. The molecule has 0 spiro atoms. The Bertz CT molecular complexity index is 627. The molecule has 7 heteroatoms. The number of aryl methyl sites for hydroxylation is 1. The van der Waals surface area contributed by atoms with Crippen LogP contribution >= 0.6 is 0 Å². The second-order valence-corrected chi connectivity index (χ2v) is 4.57. The summed E-state index contributed by atoms with van der Waals surface area (Å²) in [6, 6.07) is 4.24. The normalized spacial score (nSPS) is 12.3. The molecule has 0 bridgehead atoms. The van der Waals surface area contributed by atoms with Crippen molar-refractivity contribution in [2.75, 3.05) is 0 Å². The maximum atomic E-state index is 13.3. The molecule has 1 aromatic heterocycles. The number of aliphatic carboxylic acids is 1. The molecule has 0 aliphatic heterocycles. The lowest BCUT2D eigenvalue weighted by Crippen LogP contribution is -2.15. The minimum absolute atomic E-state index is 0.0608. The molecule has 106 valence electrons.